The Morgan fingerprint density at radius 3 is 2.20 bits per heavy atom. The van der Waals surface area contributed by atoms with Gasteiger partial charge in [-0.05, 0) is 33.1 Å². The zero-order chi connectivity index (χ0) is 14.7. The largest absolute Gasteiger partial charge is 0.388 e. The van der Waals surface area contributed by atoms with E-state index < -0.39 is 18.3 Å². The van der Waals surface area contributed by atoms with Crippen molar-refractivity contribution in [3.8, 4) is 0 Å². The summed E-state index contributed by atoms with van der Waals surface area (Å²) in [7, 11) is 0. The van der Waals surface area contributed by atoms with Gasteiger partial charge in [0.05, 0.1) is 10.6 Å². The summed E-state index contributed by atoms with van der Waals surface area (Å²) in [4.78, 5) is 0. The Bertz CT molecular complexity index is 584. The SMILES string of the molecule is OC(Cc1cccc(F)c1Br)c1ccc(C(F)F)cc1. The highest BCUT2D eigenvalue weighted by atomic mass is 79.9. The second-order valence-electron chi connectivity index (χ2n) is 4.40. The van der Waals surface area contributed by atoms with E-state index in [0.717, 1.165) is 0 Å². The molecular weight excluding hydrogens is 333 g/mol. The van der Waals surface area contributed by atoms with E-state index in [4.69, 9.17) is 0 Å². The fourth-order valence-electron chi connectivity index (χ4n) is 1.90. The van der Waals surface area contributed by atoms with E-state index in [2.05, 4.69) is 15.9 Å². The fraction of sp³-hybridized carbons (Fsp3) is 0.200. The lowest BCUT2D eigenvalue weighted by Crippen LogP contribution is -2.03. The van der Waals surface area contributed by atoms with Crippen LogP contribution in [0.5, 0.6) is 0 Å². The number of benzene rings is 2. The molecule has 0 amide bonds. The number of aliphatic hydroxyl groups excluding tert-OH is 1. The number of alkyl halides is 2. The maximum absolute atomic E-state index is 13.4. The van der Waals surface area contributed by atoms with Crippen LogP contribution in [0.15, 0.2) is 46.9 Å². The quantitative estimate of drug-likeness (QED) is 0.844. The molecule has 20 heavy (non-hydrogen) atoms. The lowest BCUT2D eigenvalue weighted by Gasteiger charge is -2.13. The highest BCUT2D eigenvalue weighted by Crippen LogP contribution is 2.27. The van der Waals surface area contributed by atoms with Crippen LogP contribution in [0.25, 0.3) is 0 Å². The molecule has 106 valence electrons. The molecule has 1 unspecified atom stereocenters. The van der Waals surface area contributed by atoms with Gasteiger partial charge >= 0.3 is 0 Å². The number of hydrogen-bond acceptors (Lipinski definition) is 1. The highest BCUT2D eigenvalue weighted by Gasteiger charge is 2.14. The van der Waals surface area contributed by atoms with Crippen LogP contribution >= 0.6 is 15.9 Å². The molecule has 0 saturated carbocycles. The first-order valence-electron chi connectivity index (χ1n) is 5.98. The molecule has 2 aromatic rings. The maximum Gasteiger partial charge on any atom is 0.263 e. The van der Waals surface area contributed by atoms with Crippen molar-refractivity contribution in [2.24, 2.45) is 0 Å². The molecular formula is C15H12BrF3O. The summed E-state index contributed by atoms with van der Waals surface area (Å²) >= 11 is 3.13. The molecule has 1 N–H and O–H groups in total. The second kappa shape index (κ2) is 6.41. The molecule has 2 aromatic carbocycles. The molecule has 0 radical (unpaired) electrons. The van der Waals surface area contributed by atoms with Crippen molar-refractivity contribution in [3.05, 3.63) is 69.4 Å². The molecule has 0 aliphatic carbocycles. The summed E-state index contributed by atoms with van der Waals surface area (Å²) in [5, 5.41) is 10.1. The van der Waals surface area contributed by atoms with E-state index in [-0.39, 0.29) is 12.0 Å². The number of aliphatic hydroxyl groups is 1. The van der Waals surface area contributed by atoms with Crippen LogP contribution < -0.4 is 0 Å². The number of rotatable bonds is 4. The Balaban J connectivity index is 2.15. The molecule has 1 atom stereocenters. The minimum absolute atomic E-state index is 0.0899. The van der Waals surface area contributed by atoms with Crippen LogP contribution in [-0.4, -0.2) is 5.11 Å². The van der Waals surface area contributed by atoms with Gasteiger partial charge in [0.1, 0.15) is 5.82 Å². The molecule has 0 aliphatic heterocycles. The molecule has 0 heterocycles. The molecule has 5 heteroatoms. The molecule has 2 rings (SSSR count). The Hall–Kier alpha value is -1.33. The molecule has 0 fully saturated rings. The van der Waals surface area contributed by atoms with Gasteiger partial charge in [-0.15, -0.1) is 0 Å². The topological polar surface area (TPSA) is 20.2 Å². The standard InChI is InChI=1S/C15H12BrF3O/c16-14-11(2-1-3-12(14)17)8-13(20)9-4-6-10(7-5-9)15(18)19/h1-7,13,15,20H,8H2. The summed E-state index contributed by atoms with van der Waals surface area (Å²) in [6.45, 7) is 0. The summed E-state index contributed by atoms with van der Waals surface area (Å²) < 4.78 is 38.5. The van der Waals surface area contributed by atoms with E-state index in [0.29, 0.717) is 15.6 Å². The van der Waals surface area contributed by atoms with Crippen LogP contribution in [0.4, 0.5) is 13.2 Å². The Morgan fingerprint density at radius 1 is 1.00 bits per heavy atom. The molecule has 0 aromatic heterocycles. The van der Waals surface area contributed by atoms with Gasteiger partial charge in [-0.2, -0.15) is 0 Å². The first-order chi connectivity index (χ1) is 9.49. The van der Waals surface area contributed by atoms with Gasteiger partial charge in [0, 0.05) is 12.0 Å². The average molecular weight is 345 g/mol. The van der Waals surface area contributed by atoms with E-state index in [1.807, 2.05) is 0 Å². The van der Waals surface area contributed by atoms with Crippen LogP contribution in [0.1, 0.15) is 29.2 Å². The normalized spacial score (nSPS) is 12.7. The van der Waals surface area contributed by atoms with Crippen molar-refractivity contribution in [2.45, 2.75) is 19.0 Å². The van der Waals surface area contributed by atoms with E-state index >= 15 is 0 Å². The lowest BCUT2D eigenvalue weighted by molar-refractivity contribution is 0.151. The van der Waals surface area contributed by atoms with Crippen molar-refractivity contribution in [2.75, 3.05) is 0 Å². The third-order valence-corrected chi connectivity index (χ3v) is 3.91. The monoisotopic (exact) mass is 344 g/mol. The van der Waals surface area contributed by atoms with Gasteiger partial charge in [-0.1, -0.05) is 36.4 Å². The lowest BCUT2D eigenvalue weighted by atomic mass is 10.0. The number of hydrogen-bond donors (Lipinski definition) is 1. The third-order valence-electron chi connectivity index (χ3n) is 3.02. The van der Waals surface area contributed by atoms with Crippen LogP contribution in [0, 0.1) is 5.82 Å². The predicted octanol–water partition coefficient (Wildman–Crippen LogP) is 4.80. The van der Waals surface area contributed by atoms with Crippen LogP contribution in [0.2, 0.25) is 0 Å². The first kappa shape index (κ1) is 15.1. The molecule has 1 nitrogen and oxygen atoms in total. The Morgan fingerprint density at radius 2 is 1.60 bits per heavy atom. The molecule has 0 spiro atoms. The smallest absolute Gasteiger partial charge is 0.263 e. The van der Waals surface area contributed by atoms with Crippen molar-refractivity contribution in [1.82, 2.24) is 0 Å². The van der Waals surface area contributed by atoms with E-state index in [1.165, 1.54) is 30.3 Å². The highest BCUT2D eigenvalue weighted by molar-refractivity contribution is 9.10. The molecule has 0 saturated heterocycles. The van der Waals surface area contributed by atoms with Crippen molar-refractivity contribution >= 4 is 15.9 Å². The average Bonchev–Trinajstić information content (AvgIpc) is 2.44. The van der Waals surface area contributed by atoms with Gasteiger partial charge in [-0.3, -0.25) is 0 Å². The zero-order valence-corrected chi connectivity index (χ0v) is 11.9. The Labute approximate surface area is 123 Å². The fourth-order valence-corrected chi connectivity index (χ4v) is 2.32. The van der Waals surface area contributed by atoms with Gasteiger partial charge in [0.2, 0.25) is 0 Å². The summed E-state index contributed by atoms with van der Waals surface area (Å²) in [5.41, 5.74) is 1.05. The minimum atomic E-state index is -2.53. The van der Waals surface area contributed by atoms with Gasteiger partial charge < -0.3 is 5.11 Å². The minimum Gasteiger partial charge on any atom is -0.388 e. The van der Waals surface area contributed by atoms with Gasteiger partial charge in [-0.25, -0.2) is 13.2 Å². The molecule has 0 aliphatic rings. The van der Waals surface area contributed by atoms with Crippen molar-refractivity contribution in [3.63, 3.8) is 0 Å². The third kappa shape index (κ3) is 3.41. The summed E-state index contributed by atoms with van der Waals surface area (Å²) in [5.74, 6) is -0.400. The van der Waals surface area contributed by atoms with Gasteiger partial charge in [0.15, 0.2) is 0 Å². The van der Waals surface area contributed by atoms with Crippen molar-refractivity contribution in [1.29, 1.82) is 0 Å². The Kier molecular flexibility index (Phi) is 4.83. The zero-order valence-electron chi connectivity index (χ0n) is 10.4. The predicted molar refractivity (Wildman–Crippen MR) is 74.2 cm³/mol. The van der Waals surface area contributed by atoms with Crippen LogP contribution in [-0.2, 0) is 6.42 Å². The van der Waals surface area contributed by atoms with E-state index in [1.54, 1.807) is 12.1 Å². The van der Waals surface area contributed by atoms with Crippen LogP contribution in [0.3, 0.4) is 0 Å². The summed E-state index contributed by atoms with van der Waals surface area (Å²) in [6, 6.07) is 10.1. The van der Waals surface area contributed by atoms with E-state index in [9.17, 15) is 18.3 Å². The molecule has 0 bridgehead atoms. The second-order valence-corrected chi connectivity index (χ2v) is 5.19. The van der Waals surface area contributed by atoms with Gasteiger partial charge in [0.25, 0.3) is 6.43 Å². The number of halogens is 4. The van der Waals surface area contributed by atoms with Crippen molar-refractivity contribution < 1.29 is 18.3 Å². The first-order valence-corrected chi connectivity index (χ1v) is 6.77. The summed E-state index contributed by atoms with van der Waals surface area (Å²) in [6.07, 6.45) is -3.20. The maximum atomic E-state index is 13.4.